The molecule has 1 aromatic heterocycles. The molecule has 1 N–H and O–H groups in total. The fourth-order valence-corrected chi connectivity index (χ4v) is 1.92. The Labute approximate surface area is 109 Å². The van der Waals surface area contributed by atoms with E-state index in [1.165, 1.54) is 25.1 Å². The second-order valence-electron chi connectivity index (χ2n) is 4.69. The number of pyridine rings is 1. The first-order valence-electron chi connectivity index (χ1n) is 6.64. The smallest absolute Gasteiger partial charge is 0.141 e. The summed E-state index contributed by atoms with van der Waals surface area (Å²) in [5.41, 5.74) is 0.905. The largest absolute Gasteiger partial charge is 0.312 e. The molecule has 0 aliphatic carbocycles. The van der Waals surface area contributed by atoms with Gasteiger partial charge in [0.25, 0.3) is 0 Å². The molecular formula is C14H24FN3. The van der Waals surface area contributed by atoms with E-state index >= 15 is 0 Å². The Balaban J connectivity index is 2.44. The molecule has 102 valence electrons. The molecule has 0 spiro atoms. The van der Waals surface area contributed by atoms with Crippen LogP contribution in [0.2, 0.25) is 0 Å². The minimum absolute atomic E-state index is 0.190. The van der Waals surface area contributed by atoms with Crippen molar-refractivity contribution in [3.05, 3.63) is 29.8 Å². The third-order valence-corrected chi connectivity index (χ3v) is 3.15. The molecule has 4 heteroatoms. The Morgan fingerprint density at radius 2 is 2.17 bits per heavy atom. The highest BCUT2D eigenvalue weighted by Gasteiger charge is 2.11. The molecule has 0 aliphatic heterocycles. The van der Waals surface area contributed by atoms with E-state index in [9.17, 15) is 4.39 Å². The van der Waals surface area contributed by atoms with Crippen LogP contribution in [0.5, 0.6) is 0 Å². The normalized spacial score (nSPS) is 12.9. The average Bonchev–Trinajstić information content (AvgIpc) is 2.39. The van der Waals surface area contributed by atoms with Crippen LogP contribution in [-0.2, 0) is 0 Å². The highest BCUT2D eigenvalue weighted by atomic mass is 19.1. The molecule has 1 unspecified atom stereocenters. The SMILES string of the molecule is CCCCN(C)CCC(NC)c1ccc(F)cn1. The zero-order chi connectivity index (χ0) is 13.4. The Morgan fingerprint density at radius 1 is 1.39 bits per heavy atom. The van der Waals surface area contributed by atoms with Crippen LogP contribution in [0.3, 0.4) is 0 Å². The van der Waals surface area contributed by atoms with Gasteiger partial charge >= 0.3 is 0 Å². The number of unbranched alkanes of at least 4 members (excludes halogenated alkanes) is 1. The topological polar surface area (TPSA) is 28.2 Å². The number of aromatic nitrogens is 1. The minimum atomic E-state index is -0.284. The third kappa shape index (κ3) is 5.10. The van der Waals surface area contributed by atoms with Crippen molar-refractivity contribution < 1.29 is 4.39 Å². The van der Waals surface area contributed by atoms with E-state index in [0.717, 1.165) is 25.2 Å². The van der Waals surface area contributed by atoms with Gasteiger partial charge in [-0.1, -0.05) is 13.3 Å². The number of rotatable bonds is 8. The zero-order valence-corrected chi connectivity index (χ0v) is 11.6. The van der Waals surface area contributed by atoms with Crippen molar-refractivity contribution >= 4 is 0 Å². The van der Waals surface area contributed by atoms with Gasteiger partial charge in [0.2, 0.25) is 0 Å². The summed E-state index contributed by atoms with van der Waals surface area (Å²) in [5.74, 6) is -0.284. The second-order valence-corrected chi connectivity index (χ2v) is 4.69. The summed E-state index contributed by atoms with van der Waals surface area (Å²) in [6.45, 7) is 4.35. The molecule has 1 atom stereocenters. The molecule has 0 aliphatic rings. The van der Waals surface area contributed by atoms with Crippen LogP contribution in [0.4, 0.5) is 4.39 Å². The Morgan fingerprint density at radius 3 is 2.72 bits per heavy atom. The summed E-state index contributed by atoms with van der Waals surface area (Å²) in [5, 5.41) is 3.24. The van der Waals surface area contributed by atoms with Crippen LogP contribution in [0.25, 0.3) is 0 Å². The standard InChI is InChI=1S/C14H24FN3/c1-4-5-9-18(3)10-8-13(16-2)14-7-6-12(15)11-17-14/h6-7,11,13,16H,4-5,8-10H2,1-3H3. The summed E-state index contributed by atoms with van der Waals surface area (Å²) >= 11 is 0. The van der Waals surface area contributed by atoms with Crippen molar-refractivity contribution in [3.8, 4) is 0 Å². The summed E-state index contributed by atoms with van der Waals surface area (Å²) in [6.07, 6.45) is 4.71. The number of nitrogens with one attached hydrogen (secondary N) is 1. The second kappa shape index (κ2) is 8.16. The predicted octanol–water partition coefficient (Wildman–Crippen LogP) is 2.60. The van der Waals surface area contributed by atoms with Crippen molar-refractivity contribution in [2.45, 2.75) is 32.2 Å². The fraction of sp³-hybridized carbons (Fsp3) is 0.643. The lowest BCUT2D eigenvalue weighted by atomic mass is 10.1. The molecule has 3 nitrogen and oxygen atoms in total. The molecular weight excluding hydrogens is 229 g/mol. The van der Waals surface area contributed by atoms with Gasteiger partial charge in [-0.05, 0) is 52.2 Å². The first-order valence-corrected chi connectivity index (χ1v) is 6.64. The van der Waals surface area contributed by atoms with E-state index < -0.39 is 0 Å². The number of nitrogens with zero attached hydrogens (tertiary/aromatic N) is 2. The lowest BCUT2D eigenvalue weighted by Crippen LogP contribution is -2.26. The molecule has 0 aromatic carbocycles. The van der Waals surface area contributed by atoms with Crippen LogP contribution >= 0.6 is 0 Å². The highest BCUT2D eigenvalue weighted by Crippen LogP contribution is 2.14. The van der Waals surface area contributed by atoms with E-state index in [4.69, 9.17) is 0 Å². The van der Waals surface area contributed by atoms with Gasteiger partial charge in [-0.2, -0.15) is 0 Å². The van der Waals surface area contributed by atoms with Gasteiger partial charge in [0.1, 0.15) is 5.82 Å². The van der Waals surface area contributed by atoms with Crippen molar-refractivity contribution in [1.82, 2.24) is 15.2 Å². The average molecular weight is 253 g/mol. The Kier molecular flexibility index (Phi) is 6.83. The quantitative estimate of drug-likeness (QED) is 0.772. The predicted molar refractivity (Wildman–Crippen MR) is 73.0 cm³/mol. The minimum Gasteiger partial charge on any atom is -0.312 e. The molecule has 1 rings (SSSR count). The Hall–Kier alpha value is -1.00. The molecule has 0 amide bonds. The zero-order valence-electron chi connectivity index (χ0n) is 11.6. The van der Waals surface area contributed by atoms with E-state index in [1.807, 2.05) is 7.05 Å². The maximum atomic E-state index is 12.8. The molecule has 0 fully saturated rings. The molecule has 0 saturated heterocycles. The van der Waals surface area contributed by atoms with Crippen molar-refractivity contribution in [2.75, 3.05) is 27.2 Å². The maximum Gasteiger partial charge on any atom is 0.141 e. The van der Waals surface area contributed by atoms with Crippen LogP contribution in [0.15, 0.2) is 18.3 Å². The van der Waals surface area contributed by atoms with Crippen LogP contribution in [0, 0.1) is 5.82 Å². The molecule has 0 radical (unpaired) electrons. The molecule has 1 aromatic rings. The highest BCUT2D eigenvalue weighted by molar-refractivity contribution is 5.09. The van der Waals surface area contributed by atoms with E-state index in [0.29, 0.717) is 0 Å². The monoisotopic (exact) mass is 253 g/mol. The summed E-state index contributed by atoms with van der Waals surface area (Å²) in [6, 6.07) is 3.41. The molecule has 0 saturated carbocycles. The van der Waals surface area contributed by atoms with Gasteiger partial charge in [-0.15, -0.1) is 0 Å². The lowest BCUT2D eigenvalue weighted by molar-refractivity contribution is 0.305. The van der Waals surface area contributed by atoms with E-state index in [1.54, 1.807) is 6.07 Å². The van der Waals surface area contributed by atoms with Gasteiger partial charge < -0.3 is 10.2 Å². The van der Waals surface area contributed by atoms with Gasteiger partial charge in [0.05, 0.1) is 17.9 Å². The van der Waals surface area contributed by atoms with Crippen LogP contribution < -0.4 is 5.32 Å². The van der Waals surface area contributed by atoms with Gasteiger partial charge in [0, 0.05) is 0 Å². The molecule has 0 bridgehead atoms. The van der Waals surface area contributed by atoms with Crippen LogP contribution in [0.1, 0.15) is 37.9 Å². The lowest BCUT2D eigenvalue weighted by Gasteiger charge is -2.21. The number of hydrogen-bond donors (Lipinski definition) is 1. The van der Waals surface area contributed by atoms with Crippen LogP contribution in [-0.4, -0.2) is 37.1 Å². The van der Waals surface area contributed by atoms with Crippen molar-refractivity contribution in [3.63, 3.8) is 0 Å². The van der Waals surface area contributed by atoms with Crippen molar-refractivity contribution in [2.24, 2.45) is 0 Å². The van der Waals surface area contributed by atoms with Crippen molar-refractivity contribution in [1.29, 1.82) is 0 Å². The maximum absolute atomic E-state index is 12.8. The first kappa shape index (κ1) is 15.1. The van der Waals surface area contributed by atoms with Gasteiger partial charge in [-0.3, -0.25) is 4.98 Å². The summed E-state index contributed by atoms with van der Waals surface area (Å²) in [7, 11) is 4.06. The summed E-state index contributed by atoms with van der Waals surface area (Å²) in [4.78, 5) is 6.46. The third-order valence-electron chi connectivity index (χ3n) is 3.15. The van der Waals surface area contributed by atoms with Gasteiger partial charge in [0.15, 0.2) is 0 Å². The van der Waals surface area contributed by atoms with E-state index in [-0.39, 0.29) is 11.9 Å². The summed E-state index contributed by atoms with van der Waals surface area (Å²) < 4.78 is 12.8. The van der Waals surface area contributed by atoms with Gasteiger partial charge in [-0.25, -0.2) is 4.39 Å². The van der Waals surface area contributed by atoms with E-state index in [2.05, 4.69) is 29.2 Å². The molecule has 1 heterocycles. The first-order chi connectivity index (χ1) is 8.67. The number of hydrogen-bond acceptors (Lipinski definition) is 3. The Bertz CT molecular complexity index is 326. The fourth-order valence-electron chi connectivity index (χ4n) is 1.92. The molecule has 18 heavy (non-hydrogen) atoms. The number of halogens is 1.